The number of rotatable bonds is 6. The Balaban J connectivity index is 2.10. The molecular weight excluding hydrogens is 248 g/mol. The van der Waals surface area contributed by atoms with Gasteiger partial charge in [0.25, 0.3) is 0 Å². The fourth-order valence-electron chi connectivity index (χ4n) is 2.14. The molecule has 1 aromatic carbocycles. The van der Waals surface area contributed by atoms with E-state index < -0.39 is 0 Å². The Hall–Kier alpha value is -2.23. The first kappa shape index (κ1) is 14.2. The molecule has 0 aliphatic heterocycles. The van der Waals surface area contributed by atoms with Gasteiger partial charge in [0.2, 0.25) is 0 Å². The Morgan fingerprint density at radius 2 is 1.60 bits per heavy atom. The lowest BCUT2D eigenvalue weighted by molar-refractivity contribution is 0.866. The third-order valence-corrected chi connectivity index (χ3v) is 3.27. The molecule has 0 aliphatic carbocycles. The van der Waals surface area contributed by atoms with Crippen LogP contribution in [0.5, 0.6) is 0 Å². The lowest BCUT2D eigenvalue weighted by atomic mass is 10.2. The maximum absolute atomic E-state index is 4.44. The van der Waals surface area contributed by atoms with Crippen molar-refractivity contribution in [3.05, 3.63) is 42.5 Å². The molecule has 0 aliphatic rings. The largest absolute Gasteiger partial charge is 0.373 e. The van der Waals surface area contributed by atoms with Crippen LogP contribution in [0.25, 0.3) is 0 Å². The summed E-state index contributed by atoms with van der Waals surface area (Å²) < 4.78 is 0. The lowest BCUT2D eigenvalue weighted by Gasteiger charge is -2.21. The van der Waals surface area contributed by atoms with Gasteiger partial charge in [0.15, 0.2) is 0 Å². The second-order valence-electron chi connectivity index (χ2n) is 4.50. The van der Waals surface area contributed by atoms with Crippen molar-refractivity contribution in [2.75, 3.05) is 35.7 Å². The van der Waals surface area contributed by atoms with Crippen molar-refractivity contribution in [3.63, 3.8) is 0 Å². The molecule has 4 heteroatoms. The van der Waals surface area contributed by atoms with E-state index in [1.807, 2.05) is 25.2 Å². The van der Waals surface area contributed by atoms with Crippen molar-refractivity contribution < 1.29 is 0 Å². The summed E-state index contributed by atoms with van der Waals surface area (Å²) in [6, 6.07) is 14.3. The number of hydrogen-bond acceptors (Lipinski definition) is 4. The van der Waals surface area contributed by atoms with Gasteiger partial charge in [-0.3, -0.25) is 0 Å². The lowest BCUT2D eigenvalue weighted by Crippen LogP contribution is -2.21. The smallest absolute Gasteiger partial charge is 0.132 e. The van der Waals surface area contributed by atoms with Crippen LogP contribution >= 0.6 is 0 Å². The second kappa shape index (κ2) is 6.80. The van der Waals surface area contributed by atoms with Crippen molar-refractivity contribution in [1.29, 1.82) is 0 Å². The van der Waals surface area contributed by atoms with Crippen LogP contribution in [0.4, 0.5) is 23.0 Å². The predicted octanol–water partition coefficient (Wildman–Crippen LogP) is 3.71. The number of benzene rings is 1. The Bertz CT molecular complexity index is 532. The van der Waals surface area contributed by atoms with E-state index in [-0.39, 0.29) is 0 Å². The maximum atomic E-state index is 4.44. The molecule has 1 aromatic heterocycles. The molecule has 0 atom stereocenters. The van der Waals surface area contributed by atoms with E-state index in [0.29, 0.717) is 0 Å². The summed E-state index contributed by atoms with van der Waals surface area (Å²) in [7, 11) is 1.87. The number of pyridine rings is 1. The van der Waals surface area contributed by atoms with E-state index >= 15 is 0 Å². The van der Waals surface area contributed by atoms with Crippen LogP contribution in [0.1, 0.15) is 13.8 Å². The van der Waals surface area contributed by atoms with Gasteiger partial charge in [-0.05, 0) is 50.2 Å². The zero-order chi connectivity index (χ0) is 14.4. The van der Waals surface area contributed by atoms with Crippen LogP contribution in [0.15, 0.2) is 42.5 Å². The highest BCUT2D eigenvalue weighted by molar-refractivity contribution is 5.61. The highest BCUT2D eigenvalue weighted by atomic mass is 15.1. The summed E-state index contributed by atoms with van der Waals surface area (Å²) in [5.41, 5.74) is 2.29. The van der Waals surface area contributed by atoms with E-state index in [1.54, 1.807) is 0 Å². The second-order valence-corrected chi connectivity index (χ2v) is 4.50. The summed E-state index contributed by atoms with van der Waals surface area (Å²) in [6.45, 7) is 6.38. The summed E-state index contributed by atoms with van der Waals surface area (Å²) in [5.74, 6) is 1.70. The standard InChI is InChI=1S/C16H22N4/c1-4-20(5-2)14-11-9-13(10-12-14)18-16-8-6-7-15(17-3)19-16/h6-12H,4-5H2,1-3H3,(H2,17,18,19). The number of hydrogen-bond donors (Lipinski definition) is 2. The maximum Gasteiger partial charge on any atom is 0.132 e. The van der Waals surface area contributed by atoms with Crippen molar-refractivity contribution in [2.24, 2.45) is 0 Å². The third kappa shape index (κ3) is 3.41. The average molecular weight is 270 g/mol. The zero-order valence-corrected chi connectivity index (χ0v) is 12.4. The third-order valence-electron chi connectivity index (χ3n) is 3.27. The van der Waals surface area contributed by atoms with Gasteiger partial charge in [0, 0.05) is 31.5 Å². The molecular formula is C16H22N4. The van der Waals surface area contributed by atoms with Crippen LogP contribution < -0.4 is 15.5 Å². The highest BCUT2D eigenvalue weighted by Gasteiger charge is 2.02. The molecule has 0 unspecified atom stereocenters. The summed E-state index contributed by atoms with van der Waals surface area (Å²) in [6.07, 6.45) is 0. The molecule has 0 spiro atoms. The first-order valence-electron chi connectivity index (χ1n) is 7.03. The van der Waals surface area contributed by atoms with Crippen molar-refractivity contribution in [3.8, 4) is 0 Å². The number of nitrogens with zero attached hydrogens (tertiary/aromatic N) is 2. The number of anilines is 4. The quantitative estimate of drug-likeness (QED) is 0.839. The van der Waals surface area contributed by atoms with E-state index in [2.05, 4.69) is 58.6 Å². The first-order chi connectivity index (χ1) is 9.76. The minimum atomic E-state index is 0.840. The Morgan fingerprint density at radius 3 is 2.20 bits per heavy atom. The van der Waals surface area contributed by atoms with E-state index in [1.165, 1.54) is 5.69 Å². The fourth-order valence-corrected chi connectivity index (χ4v) is 2.14. The van der Waals surface area contributed by atoms with Gasteiger partial charge in [-0.1, -0.05) is 6.07 Å². The molecule has 106 valence electrons. The Kier molecular flexibility index (Phi) is 4.82. The van der Waals surface area contributed by atoms with Gasteiger partial charge in [0.05, 0.1) is 0 Å². The molecule has 2 N–H and O–H groups in total. The molecule has 4 nitrogen and oxygen atoms in total. The molecule has 0 saturated heterocycles. The molecule has 20 heavy (non-hydrogen) atoms. The summed E-state index contributed by atoms with van der Waals surface area (Å²) in [4.78, 5) is 6.77. The topological polar surface area (TPSA) is 40.2 Å². The van der Waals surface area contributed by atoms with E-state index in [4.69, 9.17) is 0 Å². The monoisotopic (exact) mass is 270 g/mol. The normalized spacial score (nSPS) is 10.2. The molecule has 2 rings (SSSR count). The molecule has 0 bridgehead atoms. The van der Waals surface area contributed by atoms with Gasteiger partial charge in [-0.2, -0.15) is 0 Å². The van der Waals surface area contributed by atoms with Gasteiger partial charge in [0.1, 0.15) is 11.6 Å². The van der Waals surface area contributed by atoms with Gasteiger partial charge in [-0.25, -0.2) is 4.98 Å². The zero-order valence-electron chi connectivity index (χ0n) is 12.4. The minimum Gasteiger partial charge on any atom is -0.373 e. The molecule has 1 heterocycles. The van der Waals surface area contributed by atoms with E-state index in [0.717, 1.165) is 30.4 Å². The van der Waals surface area contributed by atoms with Gasteiger partial charge >= 0.3 is 0 Å². The molecule has 0 radical (unpaired) electrons. The Labute approximate surface area is 120 Å². The molecule has 2 aromatic rings. The van der Waals surface area contributed by atoms with Gasteiger partial charge in [-0.15, -0.1) is 0 Å². The minimum absolute atomic E-state index is 0.840. The van der Waals surface area contributed by atoms with Crippen LogP contribution in [0.3, 0.4) is 0 Å². The van der Waals surface area contributed by atoms with Crippen LogP contribution in [-0.4, -0.2) is 25.1 Å². The first-order valence-corrected chi connectivity index (χ1v) is 7.03. The van der Waals surface area contributed by atoms with E-state index in [9.17, 15) is 0 Å². The predicted molar refractivity (Wildman–Crippen MR) is 87.1 cm³/mol. The number of aromatic nitrogens is 1. The van der Waals surface area contributed by atoms with Crippen molar-refractivity contribution in [2.45, 2.75) is 13.8 Å². The molecule has 0 amide bonds. The van der Waals surface area contributed by atoms with Crippen molar-refractivity contribution >= 4 is 23.0 Å². The van der Waals surface area contributed by atoms with Crippen molar-refractivity contribution in [1.82, 2.24) is 4.98 Å². The van der Waals surface area contributed by atoms with Gasteiger partial charge < -0.3 is 15.5 Å². The average Bonchev–Trinajstić information content (AvgIpc) is 2.50. The molecule has 0 saturated carbocycles. The van der Waals surface area contributed by atoms with Crippen LogP contribution in [0, 0.1) is 0 Å². The summed E-state index contributed by atoms with van der Waals surface area (Å²) in [5, 5.41) is 6.35. The van der Waals surface area contributed by atoms with Crippen LogP contribution in [0.2, 0.25) is 0 Å². The summed E-state index contributed by atoms with van der Waals surface area (Å²) >= 11 is 0. The highest BCUT2D eigenvalue weighted by Crippen LogP contribution is 2.20. The molecule has 0 fully saturated rings. The SMILES string of the molecule is CCN(CC)c1ccc(Nc2cccc(NC)n2)cc1. The Morgan fingerprint density at radius 1 is 0.950 bits per heavy atom. The number of nitrogens with one attached hydrogen (secondary N) is 2. The van der Waals surface area contributed by atoms with Crippen LogP contribution in [-0.2, 0) is 0 Å². The fraction of sp³-hybridized carbons (Fsp3) is 0.312.